The van der Waals surface area contributed by atoms with Gasteiger partial charge < -0.3 is 14.6 Å². The van der Waals surface area contributed by atoms with Gasteiger partial charge in [0.1, 0.15) is 11.6 Å². The van der Waals surface area contributed by atoms with Crippen molar-refractivity contribution in [3.63, 3.8) is 0 Å². The lowest BCUT2D eigenvalue weighted by molar-refractivity contribution is -0.118. The summed E-state index contributed by atoms with van der Waals surface area (Å²) in [6.45, 7) is 7.25. The molecule has 4 rings (SSSR count). The van der Waals surface area contributed by atoms with E-state index in [0.717, 1.165) is 30.4 Å². The van der Waals surface area contributed by atoms with Gasteiger partial charge in [-0.1, -0.05) is 37.7 Å². The van der Waals surface area contributed by atoms with Gasteiger partial charge in [-0.25, -0.2) is 4.39 Å². The fourth-order valence-corrected chi connectivity index (χ4v) is 4.89. The van der Waals surface area contributed by atoms with Crippen LogP contribution in [0.25, 0.3) is 0 Å². The largest absolute Gasteiger partial charge is 0.467 e. The predicted octanol–water partition coefficient (Wildman–Crippen LogP) is 3.95. The van der Waals surface area contributed by atoms with Crippen molar-refractivity contribution in [3.05, 3.63) is 59.8 Å². The first kappa shape index (κ1) is 22.4. The monoisotopic (exact) mass is 457 g/mol. The summed E-state index contributed by atoms with van der Waals surface area (Å²) in [5.41, 5.74) is 0.848. The van der Waals surface area contributed by atoms with E-state index in [-0.39, 0.29) is 17.5 Å². The van der Waals surface area contributed by atoms with E-state index in [9.17, 15) is 9.18 Å². The van der Waals surface area contributed by atoms with Crippen molar-refractivity contribution in [2.24, 2.45) is 11.8 Å². The quantitative estimate of drug-likeness (QED) is 0.516. The van der Waals surface area contributed by atoms with Crippen molar-refractivity contribution >= 4 is 23.6 Å². The standard InChI is InChI=1S/C23H28FN5O2S/c1-16-10-17(2)13-28(12-16)22-26-27-23(29(22)14-20-4-3-9-31-20)32-15-21(30)25-11-18-5-7-19(24)8-6-18/h3-9,16-17H,10-15H2,1-2H3,(H,25,30). The maximum absolute atomic E-state index is 13.0. The molecule has 7 nitrogen and oxygen atoms in total. The predicted molar refractivity (Wildman–Crippen MR) is 122 cm³/mol. The number of rotatable bonds is 8. The molecule has 1 aliphatic heterocycles. The number of benzene rings is 1. The van der Waals surface area contributed by atoms with E-state index in [1.807, 2.05) is 16.7 Å². The van der Waals surface area contributed by atoms with Crippen LogP contribution in [-0.2, 0) is 17.9 Å². The summed E-state index contributed by atoms with van der Waals surface area (Å²) in [6.07, 6.45) is 2.86. The lowest BCUT2D eigenvalue weighted by atomic mass is 9.92. The first-order valence-electron chi connectivity index (χ1n) is 10.8. The summed E-state index contributed by atoms with van der Waals surface area (Å²) < 4.78 is 20.6. The second-order valence-electron chi connectivity index (χ2n) is 8.49. The number of anilines is 1. The van der Waals surface area contributed by atoms with E-state index in [0.29, 0.717) is 30.1 Å². The Morgan fingerprint density at radius 3 is 2.62 bits per heavy atom. The number of nitrogens with zero attached hydrogens (tertiary/aromatic N) is 4. The molecule has 2 unspecified atom stereocenters. The van der Waals surface area contributed by atoms with E-state index in [1.165, 1.54) is 30.3 Å². The number of hydrogen-bond donors (Lipinski definition) is 1. The summed E-state index contributed by atoms with van der Waals surface area (Å²) >= 11 is 1.35. The van der Waals surface area contributed by atoms with Gasteiger partial charge in [-0.2, -0.15) is 0 Å². The van der Waals surface area contributed by atoms with Crippen LogP contribution in [0.3, 0.4) is 0 Å². The highest BCUT2D eigenvalue weighted by Gasteiger charge is 2.27. The number of halogens is 1. The van der Waals surface area contributed by atoms with Gasteiger partial charge in [0.2, 0.25) is 11.9 Å². The highest BCUT2D eigenvalue weighted by atomic mass is 32.2. The molecule has 2 aromatic heterocycles. The Kier molecular flexibility index (Phi) is 7.14. The molecule has 170 valence electrons. The van der Waals surface area contributed by atoms with Gasteiger partial charge in [-0.05, 0) is 48.1 Å². The molecular formula is C23H28FN5O2S. The fraction of sp³-hybridized carbons (Fsp3) is 0.435. The van der Waals surface area contributed by atoms with E-state index < -0.39 is 0 Å². The number of aromatic nitrogens is 3. The molecule has 1 fully saturated rings. The number of hydrogen-bond acceptors (Lipinski definition) is 6. The fourth-order valence-electron chi connectivity index (χ4n) is 4.13. The number of carbonyl (C=O) groups is 1. The van der Waals surface area contributed by atoms with E-state index in [2.05, 4.69) is 34.3 Å². The molecule has 1 aliphatic rings. The SMILES string of the molecule is CC1CC(C)CN(c2nnc(SCC(=O)NCc3ccc(F)cc3)n2Cc2ccco2)C1. The van der Waals surface area contributed by atoms with Gasteiger partial charge in [-0.3, -0.25) is 9.36 Å². The molecule has 2 atom stereocenters. The smallest absolute Gasteiger partial charge is 0.230 e. The normalized spacial score (nSPS) is 18.7. The lowest BCUT2D eigenvalue weighted by Gasteiger charge is -2.35. The van der Waals surface area contributed by atoms with Crippen LogP contribution in [0, 0.1) is 17.7 Å². The Morgan fingerprint density at radius 2 is 1.94 bits per heavy atom. The Labute approximate surface area is 191 Å². The van der Waals surface area contributed by atoms with Crippen LogP contribution in [-0.4, -0.2) is 39.5 Å². The molecule has 0 bridgehead atoms. The van der Waals surface area contributed by atoms with Gasteiger partial charge >= 0.3 is 0 Å². The molecule has 1 N–H and O–H groups in total. The average molecular weight is 458 g/mol. The molecule has 0 saturated carbocycles. The number of furan rings is 1. The van der Waals surface area contributed by atoms with Crippen molar-refractivity contribution < 1.29 is 13.6 Å². The van der Waals surface area contributed by atoms with Crippen molar-refractivity contribution in [1.29, 1.82) is 0 Å². The highest BCUT2D eigenvalue weighted by Crippen LogP contribution is 2.29. The molecule has 0 radical (unpaired) electrons. The Bertz CT molecular complexity index is 1010. The minimum atomic E-state index is -0.292. The number of nitrogens with one attached hydrogen (secondary N) is 1. The molecule has 9 heteroatoms. The average Bonchev–Trinajstić information content (AvgIpc) is 3.41. The Morgan fingerprint density at radius 1 is 1.19 bits per heavy atom. The lowest BCUT2D eigenvalue weighted by Crippen LogP contribution is -2.40. The minimum absolute atomic E-state index is 0.117. The summed E-state index contributed by atoms with van der Waals surface area (Å²) in [5, 5.41) is 12.4. The molecule has 3 heterocycles. The first-order chi connectivity index (χ1) is 15.5. The summed E-state index contributed by atoms with van der Waals surface area (Å²) in [6, 6.07) is 9.88. The zero-order valence-electron chi connectivity index (χ0n) is 18.3. The number of carbonyl (C=O) groups excluding carboxylic acids is 1. The topological polar surface area (TPSA) is 76.2 Å². The third-order valence-corrected chi connectivity index (χ3v) is 6.45. The van der Waals surface area contributed by atoms with Crippen molar-refractivity contribution in [3.8, 4) is 0 Å². The van der Waals surface area contributed by atoms with Crippen LogP contribution in [0.2, 0.25) is 0 Å². The van der Waals surface area contributed by atoms with Gasteiger partial charge in [0, 0.05) is 19.6 Å². The van der Waals surface area contributed by atoms with E-state index in [4.69, 9.17) is 4.42 Å². The zero-order valence-corrected chi connectivity index (χ0v) is 19.1. The second kappa shape index (κ2) is 10.2. The molecule has 0 aliphatic carbocycles. The van der Waals surface area contributed by atoms with Crippen LogP contribution in [0.15, 0.2) is 52.2 Å². The molecule has 1 saturated heterocycles. The van der Waals surface area contributed by atoms with Crippen LogP contribution in [0.4, 0.5) is 10.3 Å². The van der Waals surface area contributed by atoms with Crippen LogP contribution in [0.5, 0.6) is 0 Å². The van der Waals surface area contributed by atoms with Crippen molar-refractivity contribution in [1.82, 2.24) is 20.1 Å². The van der Waals surface area contributed by atoms with Crippen LogP contribution in [0.1, 0.15) is 31.6 Å². The van der Waals surface area contributed by atoms with Crippen molar-refractivity contribution in [2.45, 2.75) is 38.5 Å². The molecule has 32 heavy (non-hydrogen) atoms. The maximum Gasteiger partial charge on any atom is 0.230 e. The van der Waals surface area contributed by atoms with Crippen LogP contribution >= 0.6 is 11.8 Å². The van der Waals surface area contributed by atoms with E-state index >= 15 is 0 Å². The third kappa shape index (κ3) is 5.70. The summed E-state index contributed by atoms with van der Waals surface area (Å²) in [5.74, 6) is 2.60. The number of piperidine rings is 1. The molecule has 3 aromatic rings. The highest BCUT2D eigenvalue weighted by molar-refractivity contribution is 7.99. The van der Waals surface area contributed by atoms with Gasteiger partial charge in [0.25, 0.3) is 0 Å². The van der Waals surface area contributed by atoms with E-state index in [1.54, 1.807) is 18.4 Å². The van der Waals surface area contributed by atoms with Crippen molar-refractivity contribution in [2.75, 3.05) is 23.7 Å². The molecule has 1 aromatic carbocycles. The Hall–Kier alpha value is -2.81. The summed E-state index contributed by atoms with van der Waals surface area (Å²) in [7, 11) is 0. The zero-order chi connectivity index (χ0) is 22.5. The molecular weight excluding hydrogens is 429 g/mol. The number of thioether (sulfide) groups is 1. The first-order valence-corrected chi connectivity index (χ1v) is 11.8. The second-order valence-corrected chi connectivity index (χ2v) is 9.43. The van der Waals surface area contributed by atoms with Crippen LogP contribution < -0.4 is 10.2 Å². The molecule has 1 amide bonds. The van der Waals surface area contributed by atoms with Gasteiger partial charge in [0.15, 0.2) is 5.16 Å². The molecule has 0 spiro atoms. The van der Waals surface area contributed by atoms with Gasteiger partial charge in [-0.15, -0.1) is 10.2 Å². The Balaban J connectivity index is 1.43. The summed E-state index contributed by atoms with van der Waals surface area (Å²) in [4.78, 5) is 14.7. The third-order valence-electron chi connectivity index (χ3n) is 5.48. The number of amides is 1. The van der Waals surface area contributed by atoms with Gasteiger partial charge in [0.05, 0.1) is 18.6 Å². The minimum Gasteiger partial charge on any atom is -0.467 e. The maximum atomic E-state index is 13.0.